The Labute approximate surface area is 114 Å². The maximum Gasteiger partial charge on any atom is 0.0772 e. The van der Waals surface area contributed by atoms with Crippen molar-refractivity contribution in [2.24, 2.45) is 5.73 Å². The van der Waals surface area contributed by atoms with Crippen LogP contribution >= 0.6 is 11.3 Å². The number of nitrogens with zero attached hydrogens (tertiary/aromatic N) is 1. The molecule has 0 aliphatic carbocycles. The number of hydrogen-bond donors (Lipinski definition) is 1. The largest absolute Gasteiger partial charge is 0.377 e. The standard InChI is InChI=1S/C14H22N2OS/c1-12(2)17-10-9-16(3)11-14-7-6-13(18-14)5-4-8-15/h6-7,12H,8-11,15H2,1-3H3. The Morgan fingerprint density at radius 1 is 1.44 bits per heavy atom. The van der Waals surface area contributed by atoms with Gasteiger partial charge in [-0.1, -0.05) is 11.8 Å². The SMILES string of the molecule is CC(C)OCCN(C)Cc1ccc(C#CCN)s1. The summed E-state index contributed by atoms with van der Waals surface area (Å²) in [5.74, 6) is 5.93. The zero-order chi connectivity index (χ0) is 13.4. The highest BCUT2D eigenvalue weighted by atomic mass is 32.1. The van der Waals surface area contributed by atoms with E-state index in [1.807, 2.05) is 0 Å². The molecule has 0 atom stereocenters. The first kappa shape index (κ1) is 15.2. The fourth-order valence-corrected chi connectivity index (χ4v) is 2.42. The molecule has 0 amide bonds. The molecule has 0 saturated heterocycles. The lowest BCUT2D eigenvalue weighted by atomic mass is 10.4. The molecule has 0 fully saturated rings. The molecule has 0 spiro atoms. The third kappa shape index (κ3) is 6.18. The van der Waals surface area contributed by atoms with Crippen LogP contribution in [0.4, 0.5) is 0 Å². The van der Waals surface area contributed by atoms with Crippen LogP contribution in [0.5, 0.6) is 0 Å². The lowest BCUT2D eigenvalue weighted by Crippen LogP contribution is -2.23. The molecule has 1 aromatic rings. The zero-order valence-corrected chi connectivity index (χ0v) is 12.2. The summed E-state index contributed by atoms with van der Waals surface area (Å²) in [7, 11) is 2.11. The van der Waals surface area contributed by atoms with Crippen molar-refractivity contribution in [3.63, 3.8) is 0 Å². The van der Waals surface area contributed by atoms with Crippen LogP contribution < -0.4 is 5.73 Å². The molecule has 0 aliphatic heterocycles. The Balaban J connectivity index is 2.35. The molecule has 3 nitrogen and oxygen atoms in total. The number of rotatable bonds is 6. The van der Waals surface area contributed by atoms with E-state index in [-0.39, 0.29) is 0 Å². The van der Waals surface area contributed by atoms with Crippen molar-refractivity contribution in [1.29, 1.82) is 0 Å². The van der Waals surface area contributed by atoms with Gasteiger partial charge < -0.3 is 10.5 Å². The molecule has 1 heterocycles. The van der Waals surface area contributed by atoms with Gasteiger partial charge in [0.1, 0.15) is 0 Å². The number of nitrogens with two attached hydrogens (primary N) is 1. The smallest absolute Gasteiger partial charge is 0.0772 e. The van der Waals surface area contributed by atoms with Crippen LogP contribution in [0.1, 0.15) is 23.6 Å². The van der Waals surface area contributed by atoms with Gasteiger partial charge in [-0.15, -0.1) is 11.3 Å². The van der Waals surface area contributed by atoms with Gasteiger partial charge in [-0.2, -0.15) is 0 Å². The van der Waals surface area contributed by atoms with Gasteiger partial charge in [0.2, 0.25) is 0 Å². The fourth-order valence-electron chi connectivity index (χ4n) is 1.46. The first-order valence-corrected chi connectivity index (χ1v) is 7.01. The van der Waals surface area contributed by atoms with Crippen molar-refractivity contribution in [3.05, 3.63) is 21.9 Å². The summed E-state index contributed by atoms with van der Waals surface area (Å²) in [5, 5.41) is 0. The molecule has 0 saturated carbocycles. The van der Waals surface area contributed by atoms with Crippen molar-refractivity contribution < 1.29 is 4.74 Å². The Morgan fingerprint density at radius 3 is 2.89 bits per heavy atom. The molecule has 1 aromatic heterocycles. The van der Waals surface area contributed by atoms with Gasteiger partial charge in [0.05, 0.1) is 24.1 Å². The molecule has 0 aliphatic rings. The first-order valence-electron chi connectivity index (χ1n) is 6.19. The van der Waals surface area contributed by atoms with E-state index in [1.54, 1.807) is 11.3 Å². The van der Waals surface area contributed by atoms with Crippen LogP contribution in [-0.4, -0.2) is 37.7 Å². The van der Waals surface area contributed by atoms with Crippen LogP contribution in [0.2, 0.25) is 0 Å². The predicted molar refractivity (Wildman–Crippen MR) is 77.7 cm³/mol. The van der Waals surface area contributed by atoms with Crippen LogP contribution in [0, 0.1) is 11.8 Å². The summed E-state index contributed by atoms with van der Waals surface area (Å²) in [6, 6.07) is 4.19. The predicted octanol–water partition coefficient (Wildman–Crippen LogP) is 1.92. The van der Waals surface area contributed by atoms with E-state index < -0.39 is 0 Å². The number of ether oxygens (including phenoxy) is 1. The van der Waals surface area contributed by atoms with E-state index in [0.29, 0.717) is 12.6 Å². The van der Waals surface area contributed by atoms with E-state index in [1.165, 1.54) is 4.88 Å². The number of thiophene rings is 1. The van der Waals surface area contributed by atoms with E-state index >= 15 is 0 Å². The molecule has 1 rings (SSSR count). The average Bonchev–Trinajstić information content (AvgIpc) is 2.73. The Bertz CT molecular complexity index is 403. The number of hydrogen-bond acceptors (Lipinski definition) is 4. The number of likely N-dealkylation sites (N-methyl/N-ethyl adjacent to an activating group) is 1. The highest BCUT2D eigenvalue weighted by molar-refractivity contribution is 7.12. The second-order valence-electron chi connectivity index (χ2n) is 4.43. The van der Waals surface area contributed by atoms with Gasteiger partial charge in [-0.25, -0.2) is 0 Å². The minimum absolute atomic E-state index is 0.304. The second-order valence-corrected chi connectivity index (χ2v) is 5.60. The second kappa shape index (κ2) is 8.28. The topological polar surface area (TPSA) is 38.5 Å². The van der Waals surface area contributed by atoms with Crippen LogP contribution in [0.15, 0.2) is 12.1 Å². The summed E-state index contributed by atoms with van der Waals surface area (Å²) in [4.78, 5) is 4.67. The van der Waals surface area contributed by atoms with Crippen molar-refractivity contribution in [3.8, 4) is 11.8 Å². The maximum atomic E-state index is 5.53. The molecule has 0 aromatic carbocycles. The molecule has 0 unspecified atom stereocenters. The Hall–Kier alpha value is -0.860. The molecular weight excluding hydrogens is 244 g/mol. The molecule has 100 valence electrons. The molecular formula is C14H22N2OS. The van der Waals surface area contributed by atoms with E-state index in [4.69, 9.17) is 10.5 Å². The maximum absolute atomic E-state index is 5.53. The molecule has 4 heteroatoms. The van der Waals surface area contributed by atoms with E-state index in [9.17, 15) is 0 Å². The highest BCUT2D eigenvalue weighted by Gasteiger charge is 2.03. The summed E-state index contributed by atoms with van der Waals surface area (Å²) in [6.07, 6.45) is 0.304. The summed E-state index contributed by atoms with van der Waals surface area (Å²) < 4.78 is 5.53. The lowest BCUT2D eigenvalue weighted by Gasteiger charge is -2.16. The van der Waals surface area contributed by atoms with Crippen LogP contribution in [-0.2, 0) is 11.3 Å². The minimum atomic E-state index is 0.304. The van der Waals surface area contributed by atoms with Crippen molar-refractivity contribution in [2.75, 3.05) is 26.7 Å². The monoisotopic (exact) mass is 266 g/mol. The molecule has 0 radical (unpaired) electrons. The van der Waals surface area contributed by atoms with Gasteiger partial charge >= 0.3 is 0 Å². The third-order valence-corrected chi connectivity index (χ3v) is 3.31. The lowest BCUT2D eigenvalue weighted by molar-refractivity contribution is 0.0628. The summed E-state index contributed by atoms with van der Waals surface area (Å²) in [5.41, 5.74) is 5.35. The molecule has 2 N–H and O–H groups in total. The van der Waals surface area contributed by atoms with Crippen molar-refractivity contribution in [1.82, 2.24) is 4.90 Å². The van der Waals surface area contributed by atoms with Gasteiger partial charge in [-0.05, 0) is 33.0 Å². The van der Waals surface area contributed by atoms with Gasteiger partial charge in [-0.3, -0.25) is 4.90 Å². The highest BCUT2D eigenvalue weighted by Crippen LogP contribution is 2.16. The Kier molecular flexibility index (Phi) is 6.99. The van der Waals surface area contributed by atoms with Crippen molar-refractivity contribution >= 4 is 11.3 Å². The summed E-state index contributed by atoms with van der Waals surface area (Å²) in [6.45, 7) is 7.19. The zero-order valence-electron chi connectivity index (χ0n) is 11.4. The molecule has 0 bridgehead atoms. The average molecular weight is 266 g/mol. The van der Waals surface area contributed by atoms with E-state index in [0.717, 1.165) is 24.6 Å². The first-order chi connectivity index (χ1) is 8.61. The fraction of sp³-hybridized carbons (Fsp3) is 0.571. The van der Waals surface area contributed by atoms with E-state index in [2.05, 4.69) is 49.8 Å². The van der Waals surface area contributed by atoms with Gasteiger partial charge in [0.25, 0.3) is 0 Å². The quantitative estimate of drug-likeness (QED) is 0.799. The van der Waals surface area contributed by atoms with Crippen LogP contribution in [0.25, 0.3) is 0 Å². The van der Waals surface area contributed by atoms with Gasteiger partial charge in [0.15, 0.2) is 0 Å². The van der Waals surface area contributed by atoms with Crippen LogP contribution in [0.3, 0.4) is 0 Å². The van der Waals surface area contributed by atoms with Gasteiger partial charge in [0, 0.05) is 18.0 Å². The van der Waals surface area contributed by atoms with Crippen molar-refractivity contribution in [2.45, 2.75) is 26.5 Å². The Morgan fingerprint density at radius 2 is 2.22 bits per heavy atom. The summed E-state index contributed by atoms with van der Waals surface area (Å²) >= 11 is 1.73. The molecule has 18 heavy (non-hydrogen) atoms. The minimum Gasteiger partial charge on any atom is -0.377 e. The normalized spacial score (nSPS) is 10.8. The third-order valence-electron chi connectivity index (χ3n) is 2.33.